The SMILES string of the molecule is O=[N+]([O-])c1ccc([SeH])c([N+](=O)[O-])c1. The van der Waals surface area contributed by atoms with E-state index in [9.17, 15) is 20.2 Å². The molecule has 0 unspecified atom stereocenters. The van der Waals surface area contributed by atoms with Gasteiger partial charge in [-0.3, -0.25) is 0 Å². The maximum atomic E-state index is 10.4. The number of nitrogens with zero attached hydrogens (tertiary/aromatic N) is 2. The Labute approximate surface area is 80.7 Å². The summed E-state index contributed by atoms with van der Waals surface area (Å²) in [6.45, 7) is 0. The molecule has 0 N–H and O–H groups in total. The Morgan fingerprint density at radius 2 is 1.77 bits per heavy atom. The van der Waals surface area contributed by atoms with Gasteiger partial charge in [-0.1, -0.05) is 0 Å². The molecule has 0 saturated heterocycles. The molecule has 0 aliphatic carbocycles. The van der Waals surface area contributed by atoms with Crippen LogP contribution in [-0.4, -0.2) is 25.9 Å². The number of hydrogen-bond acceptors (Lipinski definition) is 4. The average Bonchev–Trinajstić information content (AvgIpc) is 2.04. The Hall–Kier alpha value is -1.46. The van der Waals surface area contributed by atoms with E-state index < -0.39 is 9.85 Å². The molecule has 6 nitrogen and oxygen atoms in total. The molecule has 0 fully saturated rings. The van der Waals surface area contributed by atoms with E-state index in [2.05, 4.69) is 0 Å². The Balaban J connectivity index is 3.27. The Bertz CT molecular complexity index is 379. The zero-order valence-electron chi connectivity index (χ0n) is 6.21. The van der Waals surface area contributed by atoms with Crippen LogP contribution >= 0.6 is 0 Å². The molecule has 68 valence electrons. The number of nitro benzene ring substituents is 2. The monoisotopic (exact) mass is 248 g/mol. The summed E-state index contributed by atoms with van der Waals surface area (Å²) < 4.78 is 0.350. The third kappa shape index (κ3) is 2.01. The first kappa shape index (κ1) is 9.63. The van der Waals surface area contributed by atoms with E-state index in [0.717, 1.165) is 6.07 Å². The van der Waals surface area contributed by atoms with Crippen molar-refractivity contribution in [3.05, 3.63) is 38.4 Å². The van der Waals surface area contributed by atoms with Crippen molar-refractivity contribution in [1.29, 1.82) is 0 Å². The molecule has 0 atom stereocenters. The first-order valence-corrected chi connectivity index (χ1v) is 4.08. The number of nitro groups is 2. The van der Waals surface area contributed by atoms with Crippen molar-refractivity contribution in [1.82, 2.24) is 0 Å². The molecule has 0 heterocycles. The summed E-state index contributed by atoms with van der Waals surface area (Å²) in [7, 11) is 0. The first-order valence-electron chi connectivity index (χ1n) is 3.14. The molecule has 0 aromatic heterocycles. The van der Waals surface area contributed by atoms with Crippen LogP contribution in [0.2, 0.25) is 0 Å². The van der Waals surface area contributed by atoms with Crippen molar-refractivity contribution in [3.63, 3.8) is 0 Å². The van der Waals surface area contributed by atoms with Gasteiger partial charge in [0.05, 0.1) is 0 Å². The minimum absolute atomic E-state index is 0.255. The van der Waals surface area contributed by atoms with Crippen LogP contribution in [-0.2, 0) is 0 Å². The summed E-state index contributed by atoms with van der Waals surface area (Å²) in [5.41, 5.74) is -0.532. The van der Waals surface area contributed by atoms with E-state index in [1.54, 1.807) is 0 Å². The molecule has 0 radical (unpaired) electrons. The molecular weight excluding hydrogens is 243 g/mol. The van der Waals surface area contributed by atoms with Gasteiger partial charge in [0.1, 0.15) is 0 Å². The number of non-ortho nitro benzene ring substituents is 1. The van der Waals surface area contributed by atoms with Gasteiger partial charge in [0, 0.05) is 0 Å². The van der Waals surface area contributed by atoms with Crippen LogP contribution in [0.15, 0.2) is 18.2 Å². The molecule has 1 rings (SSSR count). The molecular formula is C6H4N2O4Se. The van der Waals surface area contributed by atoms with Crippen molar-refractivity contribution >= 4 is 31.8 Å². The van der Waals surface area contributed by atoms with Crippen LogP contribution < -0.4 is 4.46 Å². The van der Waals surface area contributed by atoms with Crippen LogP contribution in [0.5, 0.6) is 0 Å². The topological polar surface area (TPSA) is 86.3 Å². The van der Waals surface area contributed by atoms with Gasteiger partial charge in [-0.25, -0.2) is 0 Å². The van der Waals surface area contributed by atoms with Crippen LogP contribution in [0.1, 0.15) is 0 Å². The predicted octanol–water partition coefficient (Wildman–Crippen LogP) is 0.0291. The fourth-order valence-electron chi connectivity index (χ4n) is 0.772. The molecule has 1 aromatic rings. The second-order valence-electron chi connectivity index (χ2n) is 2.19. The number of hydrogen-bond donors (Lipinski definition) is 0. The van der Waals surface area contributed by atoms with Crippen molar-refractivity contribution in [2.24, 2.45) is 0 Å². The summed E-state index contributed by atoms with van der Waals surface area (Å²) in [6, 6.07) is 3.49. The maximum absolute atomic E-state index is 10.4. The summed E-state index contributed by atoms with van der Waals surface area (Å²) in [4.78, 5) is 19.3. The van der Waals surface area contributed by atoms with Crippen molar-refractivity contribution < 1.29 is 9.85 Å². The van der Waals surface area contributed by atoms with E-state index in [4.69, 9.17) is 0 Å². The summed E-state index contributed by atoms with van der Waals surface area (Å²) in [5.74, 6) is 0. The fourth-order valence-corrected chi connectivity index (χ4v) is 1.23. The molecule has 13 heavy (non-hydrogen) atoms. The van der Waals surface area contributed by atoms with E-state index in [1.165, 1.54) is 12.1 Å². The Morgan fingerprint density at radius 3 is 2.23 bits per heavy atom. The molecule has 0 aliphatic heterocycles. The minimum atomic E-state index is -0.667. The normalized spacial score (nSPS) is 9.62. The van der Waals surface area contributed by atoms with Crippen LogP contribution in [0, 0.1) is 20.2 Å². The molecule has 0 bridgehead atoms. The van der Waals surface area contributed by atoms with Crippen LogP contribution in [0.3, 0.4) is 0 Å². The van der Waals surface area contributed by atoms with Crippen LogP contribution in [0.4, 0.5) is 11.4 Å². The van der Waals surface area contributed by atoms with Gasteiger partial charge in [0.2, 0.25) is 0 Å². The molecule has 7 heteroatoms. The summed E-state index contributed by atoms with van der Waals surface area (Å²) >= 11 is 1.99. The second kappa shape index (κ2) is 3.51. The van der Waals surface area contributed by atoms with Crippen molar-refractivity contribution in [2.45, 2.75) is 0 Å². The predicted molar refractivity (Wildman–Crippen MR) is 46.5 cm³/mol. The van der Waals surface area contributed by atoms with Gasteiger partial charge in [-0.05, 0) is 0 Å². The Kier molecular flexibility index (Phi) is 2.60. The van der Waals surface area contributed by atoms with Crippen molar-refractivity contribution in [3.8, 4) is 0 Å². The van der Waals surface area contributed by atoms with E-state index in [1.807, 2.05) is 16.0 Å². The van der Waals surface area contributed by atoms with E-state index in [0.29, 0.717) is 4.46 Å². The zero-order valence-corrected chi connectivity index (χ0v) is 8.08. The van der Waals surface area contributed by atoms with Gasteiger partial charge >= 0.3 is 80.1 Å². The van der Waals surface area contributed by atoms with Gasteiger partial charge in [-0.2, -0.15) is 0 Å². The molecule has 1 aromatic carbocycles. The van der Waals surface area contributed by atoms with Crippen LogP contribution in [0.25, 0.3) is 0 Å². The molecule has 0 aliphatic rings. The number of benzene rings is 1. The van der Waals surface area contributed by atoms with Gasteiger partial charge in [-0.15, -0.1) is 0 Å². The second-order valence-corrected chi connectivity index (χ2v) is 3.20. The third-order valence-corrected chi connectivity index (χ3v) is 2.16. The fraction of sp³-hybridized carbons (Fsp3) is 0. The van der Waals surface area contributed by atoms with E-state index >= 15 is 0 Å². The Morgan fingerprint density at radius 1 is 1.15 bits per heavy atom. The number of rotatable bonds is 2. The zero-order chi connectivity index (χ0) is 10.0. The van der Waals surface area contributed by atoms with Gasteiger partial charge in [0.25, 0.3) is 0 Å². The van der Waals surface area contributed by atoms with Crippen molar-refractivity contribution in [2.75, 3.05) is 0 Å². The van der Waals surface area contributed by atoms with Gasteiger partial charge in [0.15, 0.2) is 0 Å². The average molecular weight is 247 g/mol. The molecule has 0 amide bonds. The summed E-state index contributed by atoms with van der Waals surface area (Å²) in [5, 5.41) is 20.6. The molecule has 0 spiro atoms. The quantitative estimate of drug-likeness (QED) is 0.419. The molecule has 0 saturated carbocycles. The summed E-state index contributed by atoms with van der Waals surface area (Å²) in [6.07, 6.45) is 0. The third-order valence-electron chi connectivity index (χ3n) is 1.37. The van der Waals surface area contributed by atoms with E-state index in [-0.39, 0.29) is 11.4 Å². The van der Waals surface area contributed by atoms with Gasteiger partial charge < -0.3 is 0 Å². The standard InChI is InChI=1S/C6H4N2O4Se/c9-7(10)4-1-2-6(13)5(3-4)8(11)12/h1-3,13H. The first-order chi connectivity index (χ1) is 6.02.